The van der Waals surface area contributed by atoms with Crippen LogP contribution in [0.2, 0.25) is 0 Å². The Balaban J connectivity index is 1.60. The molecule has 200 valence electrons. The van der Waals surface area contributed by atoms with Gasteiger partial charge in [-0.2, -0.15) is 8.42 Å². The number of hydrogen-bond donors (Lipinski definition) is 6. The number of nitrogens with one attached hydrogen (secondary N) is 1. The van der Waals surface area contributed by atoms with Crippen molar-refractivity contribution in [2.75, 3.05) is 5.73 Å². The normalized spacial score (nSPS) is 17.8. The van der Waals surface area contributed by atoms with E-state index in [4.69, 9.17) is 15.1 Å². The van der Waals surface area contributed by atoms with Crippen molar-refractivity contribution in [2.24, 2.45) is 5.16 Å². The van der Waals surface area contributed by atoms with Crippen molar-refractivity contribution in [1.29, 1.82) is 0 Å². The number of aromatic carboxylic acids is 1. The van der Waals surface area contributed by atoms with E-state index in [0.29, 0.717) is 0 Å². The lowest BCUT2D eigenvalue weighted by Gasteiger charge is -2.42. The Labute approximate surface area is 216 Å². The number of fused-ring (bicyclic) bond motifs is 1. The topological polar surface area (TPSA) is 268 Å². The third-order valence-corrected chi connectivity index (χ3v) is 6.93. The molecule has 0 spiro atoms. The highest BCUT2D eigenvalue weighted by Gasteiger charge is 2.51. The van der Waals surface area contributed by atoms with Crippen LogP contribution in [0, 0.1) is 0 Å². The molecule has 1 fully saturated rings. The highest BCUT2D eigenvalue weighted by atomic mass is 32.2. The largest absolute Gasteiger partial charge is 0.504 e. The highest BCUT2D eigenvalue weighted by molar-refractivity contribution is 7.84. The van der Waals surface area contributed by atoms with Crippen LogP contribution in [0.4, 0.5) is 5.13 Å². The molecule has 0 aliphatic carbocycles. The number of nitrogen functional groups attached to an aromatic ring is 1. The van der Waals surface area contributed by atoms with Crippen LogP contribution in [-0.2, 0) is 31.3 Å². The molecule has 2 atom stereocenters. The monoisotopic (exact) mass is 567 g/mol. The maximum atomic E-state index is 12.9. The lowest BCUT2D eigenvalue weighted by atomic mass is 10.0. The Kier molecular flexibility index (Phi) is 6.74. The molecule has 1 aliphatic heterocycles. The molecule has 7 N–H and O–H groups in total. The summed E-state index contributed by atoms with van der Waals surface area (Å²) >= 11 is 0.952. The van der Waals surface area contributed by atoms with Crippen LogP contribution in [0.5, 0.6) is 11.5 Å². The molecule has 4 rings (SSSR count). The molecule has 1 aliphatic rings. The van der Waals surface area contributed by atoms with Crippen LogP contribution in [0.15, 0.2) is 22.7 Å². The van der Waals surface area contributed by atoms with Crippen molar-refractivity contribution < 1.29 is 47.5 Å². The van der Waals surface area contributed by atoms with Gasteiger partial charge < -0.3 is 31.2 Å². The maximum absolute atomic E-state index is 12.9. The molecule has 0 bridgehead atoms. The number of aromatic hydroxyl groups is 2. The second kappa shape index (κ2) is 9.68. The van der Waals surface area contributed by atoms with Crippen molar-refractivity contribution >= 4 is 61.3 Å². The first-order valence-electron chi connectivity index (χ1n) is 10.3. The number of anilines is 1. The van der Waals surface area contributed by atoms with E-state index in [1.165, 1.54) is 12.3 Å². The summed E-state index contributed by atoms with van der Waals surface area (Å²) in [6, 6.07) is -0.348. The van der Waals surface area contributed by atoms with E-state index in [0.717, 1.165) is 23.5 Å². The molecule has 2 aromatic heterocycles. The van der Waals surface area contributed by atoms with E-state index < -0.39 is 69.7 Å². The van der Waals surface area contributed by atoms with Gasteiger partial charge in [0.05, 0.1) is 17.1 Å². The van der Waals surface area contributed by atoms with Crippen LogP contribution >= 0.6 is 11.3 Å². The van der Waals surface area contributed by atoms with E-state index in [9.17, 15) is 38.1 Å². The second-order valence-electron chi connectivity index (χ2n) is 7.74. The van der Waals surface area contributed by atoms with Crippen LogP contribution in [0.25, 0.3) is 11.0 Å². The van der Waals surface area contributed by atoms with Gasteiger partial charge in [0.25, 0.3) is 11.8 Å². The van der Waals surface area contributed by atoms with Crippen molar-refractivity contribution in [3.8, 4) is 11.5 Å². The maximum Gasteiger partial charge on any atom is 0.362 e. The third-order valence-electron chi connectivity index (χ3n) is 5.24. The van der Waals surface area contributed by atoms with Gasteiger partial charge in [-0.3, -0.25) is 14.1 Å². The molecule has 1 saturated heterocycles. The third kappa shape index (κ3) is 4.96. The number of rotatable bonds is 8. The number of thiazole rings is 1. The molecule has 3 aromatic rings. The fourth-order valence-electron chi connectivity index (χ4n) is 3.46. The summed E-state index contributed by atoms with van der Waals surface area (Å²) in [7, 11) is -4.82. The molecule has 1 aromatic carbocycles. The fraction of sp³-hybridized carbons (Fsp3) is 0.211. The molecule has 0 saturated carbocycles. The van der Waals surface area contributed by atoms with E-state index in [1.54, 1.807) is 0 Å². The number of carboxylic acids is 1. The molecule has 38 heavy (non-hydrogen) atoms. The summed E-state index contributed by atoms with van der Waals surface area (Å²) in [4.78, 5) is 53.8. The number of amides is 2. The zero-order chi connectivity index (χ0) is 27.9. The number of benzene rings is 1. The Morgan fingerprint density at radius 1 is 1.21 bits per heavy atom. The summed E-state index contributed by atoms with van der Waals surface area (Å²) in [5.74, 6) is -4.64. The number of nitrogens with two attached hydrogens (primary N) is 1. The Morgan fingerprint density at radius 2 is 1.84 bits per heavy atom. The zero-order valence-electron chi connectivity index (χ0n) is 19.0. The van der Waals surface area contributed by atoms with Gasteiger partial charge in [0.1, 0.15) is 17.4 Å². The van der Waals surface area contributed by atoms with Crippen molar-refractivity contribution in [3.63, 3.8) is 0 Å². The summed E-state index contributed by atoms with van der Waals surface area (Å²) in [6.45, 7) is 0.648. The molecule has 17 nitrogen and oxygen atoms in total. The minimum Gasteiger partial charge on any atom is -0.504 e. The first-order chi connectivity index (χ1) is 17.8. The van der Waals surface area contributed by atoms with Gasteiger partial charge in [-0.05, 0) is 6.92 Å². The number of oxime groups is 1. The van der Waals surface area contributed by atoms with Gasteiger partial charge >= 0.3 is 16.3 Å². The minimum absolute atomic E-state index is 0.0267. The summed E-state index contributed by atoms with van der Waals surface area (Å²) in [5, 5.41) is 36.2. The van der Waals surface area contributed by atoms with Gasteiger partial charge in [0.2, 0.25) is 0 Å². The Morgan fingerprint density at radius 3 is 2.37 bits per heavy atom. The van der Waals surface area contributed by atoms with Gasteiger partial charge in [-0.15, -0.1) is 11.3 Å². The number of hydrogen-bond acceptors (Lipinski definition) is 14. The molecular formula is C19H17N7O10S2. The number of aromatic nitrogens is 3. The van der Waals surface area contributed by atoms with E-state index >= 15 is 0 Å². The predicted molar refractivity (Wildman–Crippen MR) is 127 cm³/mol. The number of nitrogens with zero attached hydrogens (tertiary/aromatic N) is 5. The summed E-state index contributed by atoms with van der Waals surface area (Å²) < 4.78 is 31.9. The van der Waals surface area contributed by atoms with Gasteiger partial charge in [-0.25, -0.2) is 24.1 Å². The first-order valence-corrected chi connectivity index (χ1v) is 12.5. The second-order valence-corrected chi connectivity index (χ2v) is 9.92. The predicted octanol–water partition coefficient (Wildman–Crippen LogP) is -0.783. The zero-order valence-corrected chi connectivity index (χ0v) is 20.6. The fourth-order valence-corrected chi connectivity index (χ4v) is 4.89. The smallest absolute Gasteiger partial charge is 0.362 e. The van der Waals surface area contributed by atoms with Crippen LogP contribution < -0.4 is 11.1 Å². The molecule has 19 heteroatoms. The number of β-lactam (4-membered cyclic amide) rings is 1. The van der Waals surface area contributed by atoms with E-state index in [1.807, 2.05) is 0 Å². The average molecular weight is 568 g/mol. The van der Waals surface area contributed by atoms with Crippen LogP contribution in [0.1, 0.15) is 28.8 Å². The average Bonchev–Trinajstić information content (AvgIpc) is 3.25. The molecule has 0 radical (unpaired) electrons. The summed E-state index contributed by atoms with van der Waals surface area (Å²) in [5.41, 5.74) is 4.26. The van der Waals surface area contributed by atoms with Gasteiger partial charge in [0.15, 0.2) is 34.6 Å². The number of carbonyl (C=O) groups is 3. The number of phenolic OH excluding ortho intramolecular Hbond substituents is 2. The van der Waals surface area contributed by atoms with Crippen molar-refractivity contribution in [3.05, 3.63) is 34.6 Å². The van der Waals surface area contributed by atoms with E-state index in [2.05, 4.69) is 25.4 Å². The number of phenols is 2. The minimum atomic E-state index is -4.82. The van der Waals surface area contributed by atoms with Crippen molar-refractivity contribution in [2.45, 2.75) is 25.6 Å². The number of carboxylic acid groups (broad SMARTS) is 1. The van der Waals surface area contributed by atoms with Crippen molar-refractivity contribution in [1.82, 2.24) is 24.6 Å². The quantitative estimate of drug-likeness (QED) is 0.0641. The first kappa shape index (κ1) is 26.4. The molecule has 0 unspecified atom stereocenters. The molecular weight excluding hydrogens is 550 g/mol. The highest BCUT2D eigenvalue weighted by Crippen LogP contribution is 2.29. The lowest BCUT2D eigenvalue weighted by Crippen LogP contribution is -2.71. The number of carbonyl (C=O) groups excluding carboxylic acids is 2. The summed E-state index contributed by atoms with van der Waals surface area (Å²) in [6.07, 6.45) is 0. The lowest BCUT2D eigenvalue weighted by molar-refractivity contribution is -0.143. The molecule has 3 heterocycles. The molecule has 2 amide bonds. The van der Waals surface area contributed by atoms with Gasteiger partial charge in [-0.1, -0.05) is 5.16 Å². The Hall–Kier alpha value is -4.62. The Bertz CT molecular complexity index is 1620. The van der Waals surface area contributed by atoms with Crippen LogP contribution in [-0.4, -0.2) is 83.1 Å². The van der Waals surface area contributed by atoms with E-state index in [-0.39, 0.29) is 31.9 Å². The SMILES string of the molecule is C[C@H]1[C@@H](NC(=O)/C(=N\OCc2nc3cc(O)c(O)cc3nc2C(=O)O)c2csc(N)n2)C(=O)N1S(=O)(=O)O. The van der Waals surface area contributed by atoms with Gasteiger partial charge in [0, 0.05) is 17.5 Å². The van der Waals surface area contributed by atoms with Crippen LogP contribution in [0.3, 0.4) is 0 Å². The standard InChI is InChI=1S/C19H17N7O10S2/c1-6-13(17(30)26(6)38(33,34)35)24-16(29)14(10-5-37-19(20)23-10)25-36-4-9-15(18(31)32)22-8-3-12(28)11(27)2-7(8)21-9/h2-3,5-6,13,27-28H,4H2,1H3,(H2,20,23)(H,24,29)(H,31,32)(H,33,34,35)/b25-14-/t6-,13+/m0/s1.